The first-order valence-electron chi connectivity index (χ1n) is 7.80. The predicted molar refractivity (Wildman–Crippen MR) is 84.4 cm³/mol. The number of amides is 2. The number of aromatic nitrogens is 1. The zero-order valence-electron chi connectivity index (χ0n) is 13.0. The van der Waals surface area contributed by atoms with Crippen LogP contribution in [0.5, 0.6) is 11.5 Å². The van der Waals surface area contributed by atoms with Crippen LogP contribution in [0.2, 0.25) is 0 Å². The van der Waals surface area contributed by atoms with Gasteiger partial charge in [-0.25, -0.2) is 4.79 Å². The molecular weight excluding hydrogens is 294 g/mol. The number of ether oxygens (including phenoxy) is 2. The van der Waals surface area contributed by atoms with Crippen LogP contribution in [0.4, 0.5) is 4.79 Å². The second-order valence-electron chi connectivity index (χ2n) is 5.84. The zero-order chi connectivity index (χ0) is 15.8. The minimum absolute atomic E-state index is 0.0392. The van der Waals surface area contributed by atoms with Crippen molar-refractivity contribution in [3.63, 3.8) is 0 Å². The van der Waals surface area contributed by atoms with E-state index in [9.17, 15) is 4.79 Å². The summed E-state index contributed by atoms with van der Waals surface area (Å²) in [4.78, 5) is 14.4. The smallest absolute Gasteiger partial charge is 0.318 e. The number of carbonyl (C=O) groups excluding carboxylic acids is 1. The number of carbonyl (C=O) groups is 1. The van der Waals surface area contributed by atoms with Crippen LogP contribution in [-0.4, -0.2) is 28.8 Å². The van der Waals surface area contributed by atoms with E-state index in [0.717, 1.165) is 30.2 Å². The van der Waals surface area contributed by atoms with Gasteiger partial charge in [-0.2, -0.15) is 0 Å². The molecule has 0 aliphatic carbocycles. The summed E-state index contributed by atoms with van der Waals surface area (Å²) in [5, 5.41) is 2.99. The molecule has 0 saturated carbocycles. The number of nitrogens with zero attached hydrogens (tertiary/aromatic N) is 2. The molecule has 6 nitrogen and oxygen atoms in total. The molecule has 0 spiro atoms. The molecule has 2 aliphatic rings. The van der Waals surface area contributed by atoms with Gasteiger partial charge in [0.05, 0.1) is 6.04 Å². The molecule has 1 atom stereocenters. The Kier molecular flexibility index (Phi) is 3.37. The number of nitrogens with one attached hydrogen (secondary N) is 1. The Morgan fingerprint density at radius 1 is 1.26 bits per heavy atom. The van der Waals surface area contributed by atoms with E-state index < -0.39 is 0 Å². The van der Waals surface area contributed by atoms with E-state index in [4.69, 9.17) is 9.47 Å². The number of rotatable bonds is 2. The van der Waals surface area contributed by atoms with E-state index >= 15 is 0 Å². The summed E-state index contributed by atoms with van der Waals surface area (Å²) >= 11 is 0. The lowest BCUT2D eigenvalue weighted by molar-refractivity contribution is 0.162. The van der Waals surface area contributed by atoms with Crippen LogP contribution in [0.15, 0.2) is 36.5 Å². The Morgan fingerprint density at radius 3 is 3.04 bits per heavy atom. The minimum Gasteiger partial charge on any atom is -0.454 e. The fraction of sp³-hybridized carbons (Fsp3) is 0.353. The summed E-state index contributed by atoms with van der Waals surface area (Å²) in [6, 6.07) is 9.87. The second kappa shape index (κ2) is 5.53. The van der Waals surface area contributed by atoms with Crippen molar-refractivity contribution in [1.29, 1.82) is 0 Å². The molecule has 120 valence electrons. The van der Waals surface area contributed by atoms with Gasteiger partial charge in [-0.15, -0.1) is 0 Å². The van der Waals surface area contributed by atoms with Gasteiger partial charge in [-0.3, -0.25) is 0 Å². The van der Waals surface area contributed by atoms with Crippen LogP contribution in [0.25, 0.3) is 0 Å². The van der Waals surface area contributed by atoms with Crippen LogP contribution in [0.3, 0.4) is 0 Å². The van der Waals surface area contributed by atoms with Crippen LogP contribution in [0, 0.1) is 0 Å². The van der Waals surface area contributed by atoms with Crippen molar-refractivity contribution in [2.24, 2.45) is 0 Å². The van der Waals surface area contributed by atoms with Crippen LogP contribution >= 0.6 is 0 Å². The highest BCUT2D eigenvalue weighted by molar-refractivity contribution is 5.74. The maximum atomic E-state index is 12.5. The maximum Gasteiger partial charge on any atom is 0.318 e. The SMILES string of the molecule is CC1c2cccn2CCN1C(=O)NCc1ccc2c(c1)OCO2. The van der Waals surface area contributed by atoms with Crippen molar-refractivity contribution in [2.75, 3.05) is 13.3 Å². The van der Waals surface area contributed by atoms with Crippen molar-refractivity contribution < 1.29 is 14.3 Å². The van der Waals surface area contributed by atoms with Gasteiger partial charge in [0.15, 0.2) is 11.5 Å². The molecule has 2 amide bonds. The number of benzene rings is 1. The Labute approximate surface area is 134 Å². The lowest BCUT2D eigenvalue weighted by atomic mass is 10.1. The Balaban J connectivity index is 1.41. The number of urea groups is 1. The summed E-state index contributed by atoms with van der Waals surface area (Å²) < 4.78 is 12.9. The second-order valence-corrected chi connectivity index (χ2v) is 5.84. The summed E-state index contributed by atoms with van der Waals surface area (Å²) in [7, 11) is 0. The minimum atomic E-state index is -0.0392. The topological polar surface area (TPSA) is 55.7 Å². The lowest BCUT2D eigenvalue weighted by Crippen LogP contribution is -2.45. The predicted octanol–water partition coefficient (Wildman–Crippen LogP) is 2.50. The van der Waals surface area contributed by atoms with Gasteiger partial charge < -0.3 is 24.3 Å². The third-order valence-electron chi connectivity index (χ3n) is 4.48. The van der Waals surface area contributed by atoms with Gasteiger partial charge in [0.1, 0.15) is 0 Å². The van der Waals surface area contributed by atoms with E-state index in [1.807, 2.05) is 29.2 Å². The molecule has 0 radical (unpaired) electrons. The van der Waals surface area contributed by atoms with Crippen molar-refractivity contribution in [3.05, 3.63) is 47.8 Å². The molecule has 0 fully saturated rings. The molecule has 2 aliphatic heterocycles. The zero-order valence-corrected chi connectivity index (χ0v) is 13.0. The summed E-state index contributed by atoms with van der Waals surface area (Å²) in [5.41, 5.74) is 2.17. The van der Waals surface area contributed by atoms with Gasteiger partial charge in [0, 0.05) is 31.5 Å². The normalized spacial score (nSPS) is 18.7. The van der Waals surface area contributed by atoms with Crippen molar-refractivity contribution in [1.82, 2.24) is 14.8 Å². The molecule has 2 aromatic rings. The quantitative estimate of drug-likeness (QED) is 0.927. The monoisotopic (exact) mass is 313 g/mol. The molecule has 1 aromatic heterocycles. The first-order chi connectivity index (χ1) is 11.2. The first-order valence-corrected chi connectivity index (χ1v) is 7.80. The molecule has 1 aromatic carbocycles. The Bertz CT molecular complexity index is 740. The van der Waals surface area contributed by atoms with E-state index in [1.165, 1.54) is 5.69 Å². The third kappa shape index (κ3) is 2.50. The Morgan fingerprint density at radius 2 is 2.13 bits per heavy atom. The van der Waals surface area contributed by atoms with Crippen molar-refractivity contribution in [3.8, 4) is 11.5 Å². The van der Waals surface area contributed by atoms with Crippen LogP contribution in [0.1, 0.15) is 24.2 Å². The van der Waals surface area contributed by atoms with Gasteiger partial charge in [-0.1, -0.05) is 6.07 Å². The molecule has 4 rings (SSSR count). The largest absolute Gasteiger partial charge is 0.454 e. The molecule has 23 heavy (non-hydrogen) atoms. The van der Waals surface area contributed by atoms with E-state index in [-0.39, 0.29) is 18.9 Å². The van der Waals surface area contributed by atoms with E-state index in [2.05, 4.69) is 29.1 Å². The molecule has 6 heteroatoms. The fourth-order valence-electron chi connectivity index (χ4n) is 3.19. The molecule has 1 unspecified atom stereocenters. The van der Waals surface area contributed by atoms with Crippen molar-refractivity contribution in [2.45, 2.75) is 26.1 Å². The molecule has 0 saturated heterocycles. The highest BCUT2D eigenvalue weighted by atomic mass is 16.7. The van der Waals surface area contributed by atoms with Crippen molar-refractivity contribution >= 4 is 6.03 Å². The molecule has 0 bridgehead atoms. The number of hydrogen-bond acceptors (Lipinski definition) is 3. The maximum absolute atomic E-state index is 12.5. The summed E-state index contributed by atoms with van der Waals surface area (Å²) in [5.74, 6) is 1.49. The van der Waals surface area contributed by atoms with Gasteiger partial charge in [0.2, 0.25) is 6.79 Å². The molecule has 3 heterocycles. The van der Waals surface area contributed by atoms with E-state index in [1.54, 1.807) is 0 Å². The van der Waals surface area contributed by atoms with Crippen LogP contribution in [-0.2, 0) is 13.1 Å². The third-order valence-corrected chi connectivity index (χ3v) is 4.48. The standard InChI is InChI=1S/C17H19N3O3/c1-12-14-3-2-6-19(14)7-8-20(12)17(21)18-10-13-4-5-15-16(9-13)23-11-22-15/h2-6,9,12H,7-8,10-11H2,1H3,(H,18,21). The molecular formula is C17H19N3O3. The van der Waals surface area contributed by atoms with Gasteiger partial charge >= 0.3 is 6.03 Å². The number of fused-ring (bicyclic) bond motifs is 2. The van der Waals surface area contributed by atoms with Crippen LogP contribution < -0.4 is 14.8 Å². The summed E-state index contributed by atoms with van der Waals surface area (Å²) in [6.45, 7) is 4.35. The van der Waals surface area contributed by atoms with Gasteiger partial charge in [-0.05, 0) is 36.8 Å². The average Bonchev–Trinajstić information content (AvgIpc) is 3.21. The van der Waals surface area contributed by atoms with Gasteiger partial charge in [0.25, 0.3) is 0 Å². The highest BCUT2D eigenvalue weighted by Gasteiger charge is 2.27. The fourth-order valence-corrected chi connectivity index (χ4v) is 3.19. The first kappa shape index (κ1) is 14.0. The Hall–Kier alpha value is -2.63. The highest BCUT2D eigenvalue weighted by Crippen LogP contribution is 2.32. The lowest BCUT2D eigenvalue weighted by Gasteiger charge is -2.34. The molecule has 1 N–H and O–H groups in total. The average molecular weight is 313 g/mol. The number of hydrogen-bond donors (Lipinski definition) is 1. The summed E-state index contributed by atoms with van der Waals surface area (Å²) in [6.07, 6.45) is 2.06. The van der Waals surface area contributed by atoms with E-state index in [0.29, 0.717) is 6.54 Å².